The minimum Gasteiger partial charge on any atom is -0.481 e. The van der Waals surface area contributed by atoms with Gasteiger partial charge >= 0.3 is 5.97 Å². The number of hydrogen-bond donors (Lipinski definition) is 2. The van der Waals surface area contributed by atoms with Crippen molar-refractivity contribution in [1.29, 1.82) is 0 Å². The fourth-order valence-electron chi connectivity index (χ4n) is 2.37. The number of carboxylic acid groups (broad SMARTS) is 1. The third-order valence-electron chi connectivity index (χ3n) is 3.28. The molecule has 0 bridgehead atoms. The van der Waals surface area contributed by atoms with E-state index in [-0.39, 0.29) is 12.0 Å². The molecule has 0 radical (unpaired) electrons. The summed E-state index contributed by atoms with van der Waals surface area (Å²) < 4.78 is 5.31. The van der Waals surface area contributed by atoms with Crippen LogP contribution in [0.5, 0.6) is 5.88 Å². The van der Waals surface area contributed by atoms with Crippen LogP contribution in [0.1, 0.15) is 32.6 Å². The highest BCUT2D eigenvalue weighted by atomic mass is 16.5. The quantitative estimate of drug-likeness (QED) is 0.846. The standard InChI is InChI=1S/C13H19N3O3/c1-2-19-11-6-7-14-13(16-11)15-10-5-3-4-9(8-10)12(17)18/h6-7,9-10H,2-5,8H2,1H3,(H,17,18)(H,14,15,16). The van der Waals surface area contributed by atoms with Crippen LogP contribution in [0.15, 0.2) is 12.3 Å². The molecule has 2 N–H and O–H groups in total. The lowest BCUT2D eigenvalue weighted by atomic mass is 9.86. The molecule has 1 fully saturated rings. The maximum absolute atomic E-state index is 11.0. The molecule has 0 aliphatic heterocycles. The average molecular weight is 265 g/mol. The molecule has 0 amide bonds. The molecular formula is C13H19N3O3. The Morgan fingerprint density at radius 2 is 2.42 bits per heavy atom. The van der Waals surface area contributed by atoms with E-state index in [2.05, 4.69) is 15.3 Å². The highest BCUT2D eigenvalue weighted by Crippen LogP contribution is 2.26. The summed E-state index contributed by atoms with van der Waals surface area (Å²) >= 11 is 0. The van der Waals surface area contributed by atoms with Crippen LogP contribution in [0, 0.1) is 5.92 Å². The smallest absolute Gasteiger partial charge is 0.306 e. The van der Waals surface area contributed by atoms with Crippen LogP contribution >= 0.6 is 0 Å². The lowest BCUT2D eigenvalue weighted by Crippen LogP contribution is -2.31. The minimum atomic E-state index is -0.713. The first-order valence-electron chi connectivity index (χ1n) is 6.64. The number of anilines is 1. The zero-order valence-corrected chi connectivity index (χ0v) is 11.0. The lowest BCUT2D eigenvalue weighted by molar-refractivity contribution is -0.142. The van der Waals surface area contributed by atoms with Gasteiger partial charge in [-0.1, -0.05) is 6.42 Å². The fraction of sp³-hybridized carbons (Fsp3) is 0.615. The van der Waals surface area contributed by atoms with Gasteiger partial charge in [-0.05, 0) is 26.2 Å². The summed E-state index contributed by atoms with van der Waals surface area (Å²) in [5.74, 6) is 0.0596. The Hall–Kier alpha value is -1.85. The van der Waals surface area contributed by atoms with Crippen molar-refractivity contribution in [2.24, 2.45) is 5.92 Å². The average Bonchev–Trinajstić information content (AvgIpc) is 2.40. The van der Waals surface area contributed by atoms with Crippen LogP contribution in [0.3, 0.4) is 0 Å². The van der Waals surface area contributed by atoms with E-state index in [0.717, 1.165) is 19.3 Å². The second-order valence-corrected chi connectivity index (χ2v) is 4.69. The number of nitrogens with zero attached hydrogens (tertiary/aromatic N) is 2. The molecule has 104 valence electrons. The third-order valence-corrected chi connectivity index (χ3v) is 3.28. The second kappa shape index (κ2) is 6.36. The van der Waals surface area contributed by atoms with Crippen LogP contribution in [-0.2, 0) is 4.79 Å². The number of hydrogen-bond acceptors (Lipinski definition) is 5. The van der Waals surface area contributed by atoms with E-state index < -0.39 is 5.97 Å². The maximum atomic E-state index is 11.0. The molecule has 1 aliphatic carbocycles. The Morgan fingerprint density at radius 3 is 3.16 bits per heavy atom. The first kappa shape index (κ1) is 13.6. The topological polar surface area (TPSA) is 84.3 Å². The van der Waals surface area contributed by atoms with E-state index in [1.165, 1.54) is 0 Å². The summed E-state index contributed by atoms with van der Waals surface area (Å²) in [6.45, 7) is 2.45. The molecule has 1 aromatic rings. The largest absolute Gasteiger partial charge is 0.481 e. The van der Waals surface area contributed by atoms with E-state index in [9.17, 15) is 4.79 Å². The van der Waals surface area contributed by atoms with Gasteiger partial charge in [-0.3, -0.25) is 4.79 Å². The van der Waals surface area contributed by atoms with Crippen molar-refractivity contribution >= 4 is 11.9 Å². The molecule has 0 saturated heterocycles. The SMILES string of the molecule is CCOc1ccnc(NC2CCCC(C(=O)O)C2)n1. The van der Waals surface area contributed by atoms with Gasteiger partial charge < -0.3 is 15.2 Å². The predicted octanol–water partition coefficient (Wildman–Crippen LogP) is 1.93. The monoisotopic (exact) mass is 265 g/mol. The molecule has 6 heteroatoms. The highest BCUT2D eigenvalue weighted by molar-refractivity contribution is 5.70. The number of ether oxygens (including phenoxy) is 1. The van der Waals surface area contributed by atoms with Gasteiger partial charge in [-0.25, -0.2) is 4.98 Å². The zero-order valence-electron chi connectivity index (χ0n) is 11.0. The van der Waals surface area contributed by atoms with E-state index >= 15 is 0 Å². The van der Waals surface area contributed by atoms with Crippen LogP contribution in [0.25, 0.3) is 0 Å². The molecule has 2 atom stereocenters. The van der Waals surface area contributed by atoms with E-state index in [1.54, 1.807) is 12.3 Å². The van der Waals surface area contributed by atoms with Gasteiger partial charge in [0, 0.05) is 18.3 Å². The van der Waals surface area contributed by atoms with Crippen molar-refractivity contribution in [3.63, 3.8) is 0 Å². The summed E-state index contributed by atoms with van der Waals surface area (Å²) in [5, 5.41) is 12.3. The normalized spacial score (nSPS) is 22.8. The van der Waals surface area contributed by atoms with Gasteiger partial charge in [0.25, 0.3) is 0 Å². The predicted molar refractivity (Wildman–Crippen MR) is 70.2 cm³/mol. The van der Waals surface area contributed by atoms with Crippen LogP contribution < -0.4 is 10.1 Å². The molecule has 1 aliphatic rings. The molecule has 19 heavy (non-hydrogen) atoms. The number of aromatic nitrogens is 2. The Morgan fingerprint density at radius 1 is 1.58 bits per heavy atom. The molecule has 2 unspecified atom stereocenters. The Labute approximate surface area is 112 Å². The van der Waals surface area contributed by atoms with E-state index in [1.807, 2.05) is 6.92 Å². The molecule has 2 rings (SSSR count). The Kier molecular flexibility index (Phi) is 4.54. The molecule has 0 spiro atoms. The van der Waals surface area contributed by atoms with Crippen molar-refractivity contribution in [2.45, 2.75) is 38.6 Å². The van der Waals surface area contributed by atoms with Crippen molar-refractivity contribution in [2.75, 3.05) is 11.9 Å². The molecular weight excluding hydrogens is 246 g/mol. The minimum absolute atomic E-state index is 0.117. The van der Waals surface area contributed by atoms with Gasteiger partial charge in [0.1, 0.15) is 0 Å². The van der Waals surface area contributed by atoms with Gasteiger partial charge in [0.2, 0.25) is 11.8 Å². The van der Waals surface area contributed by atoms with Gasteiger partial charge in [0.05, 0.1) is 12.5 Å². The van der Waals surface area contributed by atoms with Gasteiger partial charge in [-0.15, -0.1) is 0 Å². The van der Waals surface area contributed by atoms with Crippen LogP contribution in [0.2, 0.25) is 0 Å². The molecule has 0 aromatic carbocycles. The zero-order chi connectivity index (χ0) is 13.7. The highest BCUT2D eigenvalue weighted by Gasteiger charge is 2.27. The number of carbonyl (C=O) groups is 1. The number of nitrogens with one attached hydrogen (secondary N) is 1. The Balaban J connectivity index is 1.96. The first-order valence-corrected chi connectivity index (χ1v) is 6.64. The van der Waals surface area contributed by atoms with Crippen molar-refractivity contribution < 1.29 is 14.6 Å². The Bertz CT molecular complexity index is 439. The lowest BCUT2D eigenvalue weighted by Gasteiger charge is -2.27. The summed E-state index contributed by atoms with van der Waals surface area (Å²) in [4.78, 5) is 19.4. The van der Waals surface area contributed by atoms with Crippen molar-refractivity contribution in [3.8, 4) is 5.88 Å². The van der Waals surface area contributed by atoms with Gasteiger partial charge in [0.15, 0.2) is 0 Å². The summed E-state index contributed by atoms with van der Waals surface area (Å²) in [6, 6.07) is 1.82. The van der Waals surface area contributed by atoms with Crippen LogP contribution in [-0.4, -0.2) is 33.7 Å². The molecule has 6 nitrogen and oxygen atoms in total. The third kappa shape index (κ3) is 3.81. The number of rotatable bonds is 5. The van der Waals surface area contributed by atoms with Crippen LogP contribution in [0.4, 0.5) is 5.95 Å². The molecule has 1 heterocycles. The summed E-state index contributed by atoms with van der Waals surface area (Å²) in [5.41, 5.74) is 0. The summed E-state index contributed by atoms with van der Waals surface area (Å²) in [6.07, 6.45) is 4.88. The van der Waals surface area contributed by atoms with Gasteiger partial charge in [-0.2, -0.15) is 4.98 Å². The maximum Gasteiger partial charge on any atom is 0.306 e. The second-order valence-electron chi connectivity index (χ2n) is 4.69. The molecule has 1 aromatic heterocycles. The van der Waals surface area contributed by atoms with Crippen molar-refractivity contribution in [3.05, 3.63) is 12.3 Å². The van der Waals surface area contributed by atoms with Crippen molar-refractivity contribution in [1.82, 2.24) is 9.97 Å². The number of carboxylic acids is 1. The van der Waals surface area contributed by atoms with E-state index in [4.69, 9.17) is 9.84 Å². The van der Waals surface area contributed by atoms with E-state index in [0.29, 0.717) is 24.9 Å². The summed E-state index contributed by atoms with van der Waals surface area (Å²) in [7, 11) is 0. The molecule has 1 saturated carbocycles. The first-order chi connectivity index (χ1) is 9.19. The number of aliphatic carboxylic acids is 1. The fourth-order valence-corrected chi connectivity index (χ4v) is 2.37.